The van der Waals surface area contributed by atoms with Crippen LogP contribution in [0.15, 0.2) is 28.5 Å². The summed E-state index contributed by atoms with van der Waals surface area (Å²) in [5, 5.41) is 10.8. The Balaban J connectivity index is 1.65. The molecule has 3 rings (SSSR count). The van der Waals surface area contributed by atoms with Gasteiger partial charge in [-0.25, -0.2) is 22.9 Å². The quantitative estimate of drug-likeness (QED) is 0.776. The molecule has 0 bridgehead atoms. The van der Waals surface area contributed by atoms with Gasteiger partial charge in [0, 0.05) is 30.8 Å². The molecule has 2 aromatic rings. The number of nitrogens with one attached hydrogen (secondary N) is 1. The second kappa shape index (κ2) is 7.38. The SMILES string of the molecule is O=C(O)c1csc(CCNS(=O)(=O)c2ccc3c(c2)OCCCO3)n1. The number of fused-ring (bicyclic) bond motifs is 1. The number of hydrogen-bond donors (Lipinski definition) is 2. The molecule has 0 aliphatic carbocycles. The lowest BCUT2D eigenvalue weighted by Gasteiger charge is -2.10. The molecular formula is C15H16N2O6S2. The number of rotatable bonds is 6. The Morgan fingerprint density at radius 1 is 1.28 bits per heavy atom. The van der Waals surface area contributed by atoms with E-state index in [1.165, 1.54) is 28.8 Å². The average Bonchev–Trinajstić information content (AvgIpc) is 2.92. The van der Waals surface area contributed by atoms with Crippen LogP contribution < -0.4 is 14.2 Å². The third-order valence-electron chi connectivity index (χ3n) is 3.43. The summed E-state index contributed by atoms with van der Waals surface area (Å²) in [6.45, 7) is 1.12. The number of aromatic nitrogens is 1. The number of carboxylic acids is 1. The molecule has 0 fully saturated rings. The van der Waals surface area contributed by atoms with Crippen molar-refractivity contribution in [3.8, 4) is 11.5 Å². The molecule has 8 nitrogen and oxygen atoms in total. The van der Waals surface area contributed by atoms with Crippen molar-refractivity contribution >= 4 is 27.3 Å². The molecule has 1 aliphatic rings. The van der Waals surface area contributed by atoms with Gasteiger partial charge in [-0.3, -0.25) is 0 Å². The first-order chi connectivity index (χ1) is 12.0. The lowest BCUT2D eigenvalue weighted by molar-refractivity contribution is 0.0691. The Kier molecular flexibility index (Phi) is 5.21. The fraction of sp³-hybridized carbons (Fsp3) is 0.333. The molecule has 2 N–H and O–H groups in total. The molecule has 10 heteroatoms. The van der Waals surface area contributed by atoms with E-state index in [-0.39, 0.29) is 17.1 Å². The van der Waals surface area contributed by atoms with Gasteiger partial charge in [-0.05, 0) is 12.1 Å². The molecule has 0 saturated heterocycles. The maximum Gasteiger partial charge on any atom is 0.355 e. The predicted molar refractivity (Wildman–Crippen MR) is 90.0 cm³/mol. The third-order valence-corrected chi connectivity index (χ3v) is 5.80. The van der Waals surface area contributed by atoms with Crippen LogP contribution in [0.3, 0.4) is 0 Å². The van der Waals surface area contributed by atoms with Crippen LogP contribution in [0.5, 0.6) is 11.5 Å². The normalized spacial score (nSPS) is 14.1. The Morgan fingerprint density at radius 3 is 2.76 bits per heavy atom. The summed E-state index contributed by atoms with van der Waals surface area (Å²) in [6, 6.07) is 4.48. The minimum atomic E-state index is -3.71. The molecule has 1 aromatic heterocycles. The van der Waals surface area contributed by atoms with Crippen LogP contribution in [-0.4, -0.2) is 44.2 Å². The standard InChI is InChI=1S/C15H16N2O6S2/c18-15(19)11-9-24-14(17-11)4-5-16-25(20,21)10-2-3-12-13(8-10)23-7-1-6-22-12/h2-3,8-9,16H,1,4-7H2,(H,18,19). The van der Waals surface area contributed by atoms with Crippen molar-refractivity contribution in [1.29, 1.82) is 0 Å². The van der Waals surface area contributed by atoms with Crippen molar-refractivity contribution in [1.82, 2.24) is 9.71 Å². The van der Waals surface area contributed by atoms with Gasteiger partial charge in [-0.15, -0.1) is 11.3 Å². The summed E-state index contributed by atoms with van der Waals surface area (Å²) >= 11 is 1.18. The summed E-state index contributed by atoms with van der Waals surface area (Å²) in [7, 11) is -3.71. The fourth-order valence-corrected chi connectivity index (χ4v) is 4.03. The summed E-state index contributed by atoms with van der Waals surface area (Å²) in [6.07, 6.45) is 1.04. The van der Waals surface area contributed by atoms with Crippen molar-refractivity contribution < 1.29 is 27.8 Å². The number of benzene rings is 1. The number of nitrogens with zero attached hydrogens (tertiary/aromatic N) is 1. The van der Waals surface area contributed by atoms with E-state index in [0.29, 0.717) is 36.1 Å². The van der Waals surface area contributed by atoms with Crippen LogP contribution in [0, 0.1) is 0 Å². The van der Waals surface area contributed by atoms with E-state index in [9.17, 15) is 13.2 Å². The number of hydrogen-bond acceptors (Lipinski definition) is 7. The van der Waals surface area contributed by atoms with Crippen molar-refractivity contribution in [3.63, 3.8) is 0 Å². The Morgan fingerprint density at radius 2 is 2.04 bits per heavy atom. The number of ether oxygens (including phenoxy) is 2. The molecule has 134 valence electrons. The summed E-state index contributed by atoms with van der Waals surface area (Å²) in [5.74, 6) is -0.165. The molecule has 1 aromatic carbocycles. The number of carbonyl (C=O) groups is 1. The topological polar surface area (TPSA) is 115 Å². The second-order valence-corrected chi connectivity index (χ2v) is 7.95. The van der Waals surface area contributed by atoms with Crippen molar-refractivity contribution in [2.75, 3.05) is 19.8 Å². The van der Waals surface area contributed by atoms with Crippen LogP contribution in [0.4, 0.5) is 0 Å². The highest BCUT2D eigenvalue weighted by Gasteiger charge is 2.19. The van der Waals surface area contributed by atoms with Gasteiger partial charge in [0.25, 0.3) is 0 Å². The Hall–Kier alpha value is -2.17. The Bertz CT molecular complexity index is 878. The first-order valence-electron chi connectivity index (χ1n) is 7.53. The molecule has 25 heavy (non-hydrogen) atoms. The third kappa shape index (κ3) is 4.27. The van der Waals surface area contributed by atoms with Crippen LogP contribution >= 0.6 is 11.3 Å². The molecule has 0 amide bonds. The monoisotopic (exact) mass is 384 g/mol. The lowest BCUT2D eigenvalue weighted by atomic mass is 10.3. The maximum absolute atomic E-state index is 12.4. The van der Waals surface area contributed by atoms with E-state index in [2.05, 4.69) is 9.71 Å². The summed E-state index contributed by atoms with van der Waals surface area (Å²) in [5.41, 5.74) is -0.0363. The molecule has 0 unspecified atom stereocenters. The zero-order valence-corrected chi connectivity index (χ0v) is 14.7. The van der Waals surface area contributed by atoms with Crippen LogP contribution in [0.25, 0.3) is 0 Å². The van der Waals surface area contributed by atoms with E-state index in [0.717, 1.165) is 6.42 Å². The zero-order chi connectivity index (χ0) is 17.9. The van der Waals surface area contributed by atoms with Crippen LogP contribution in [-0.2, 0) is 16.4 Å². The molecule has 0 spiro atoms. The van der Waals surface area contributed by atoms with Crippen LogP contribution in [0.2, 0.25) is 0 Å². The molecule has 0 atom stereocenters. The van der Waals surface area contributed by atoms with Gasteiger partial charge in [0.2, 0.25) is 10.0 Å². The highest BCUT2D eigenvalue weighted by Crippen LogP contribution is 2.31. The van der Waals surface area contributed by atoms with E-state index >= 15 is 0 Å². The molecular weight excluding hydrogens is 368 g/mol. The van der Waals surface area contributed by atoms with E-state index in [1.807, 2.05) is 0 Å². The minimum absolute atomic E-state index is 0.0363. The number of carboxylic acid groups (broad SMARTS) is 1. The first kappa shape index (κ1) is 17.6. The van der Waals surface area contributed by atoms with Gasteiger partial charge in [0.15, 0.2) is 17.2 Å². The molecule has 0 saturated carbocycles. The fourth-order valence-electron chi connectivity index (χ4n) is 2.21. The molecule has 0 radical (unpaired) electrons. The zero-order valence-electron chi connectivity index (χ0n) is 13.1. The van der Waals surface area contributed by atoms with E-state index in [1.54, 1.807) is 6.07 Å². The van der Waals surface area contributed by atoms with Crippen molar-refractivity contribution in [2.24, 2.45) is 0 Å². The first-order valence-corrected chi connectivity index (χ1v) is 9.89. The van der Waals surface area contributed by atoms with Crippen molar-refractivity contribution in [2.45, 2.75) is 17.7 Å². The highest BCUT2D eigenvalue weighted by molar-refractivity contribution is 7.89. The summed E-state index contributed by atoms with van der Waals surface area (Å²) < 4.78 is 38.2. The van der Waals surface area contributed by atoms with E-state index in [4.69, 9.17) is 14.6 Å². The van der Waals surface area contributed by atoms with E-state index < -0.39 is 16.0 Å². The molecule has 1 aliphatic heterocycles. The van der Waals surface area contributed by atoms with Gasteiger partial charge in [0.1, 0.15) is 0 Å². The number of sulfonamides is 1. The molecule has 2 heterocycles. The number of thiazole rings is 1. The van der Waals surface area contributed by atoms with Crippen molar-refractivity contribution in [3.05, 3.63) is 34.3 Å². The van der Waals surface area contributed by atoms with Gasteiger partial charge in [0.05, 0.1) is 23.1 Å². The maximum atomic E-state index is 12.4. The van der Waals surface area contributed by atoms with Gasteiger partial charge in [-0.2, -0.15) is 0 Å². The average molecular weight is 384 g/mol. The Labute approximate surface area is 148 Å². The van der Waals surface area contributed by atoms with Gasteiger partial charge < -0.3 is 14.6 Å². The minimum Gasteiger partial charge on any atom is -0.490 e. The van der Waals surface area contributed by atoms with Crippen LogP contribution in [0.1, 0.15) is 21.9 Å². The highest BCUT2D eigenvalue weighted by atomic mass is 32.2. The number of aromatic carboxylic acids is 1. The lowest BCUT2D eigenvalue weighted by Crippen LogP contribution is -2.26. The van der Waals surface area contributed by atoms with Gasteiger partial charge in [-0.1, -0.05) is 0 Å². The second-order valence-electron chi connectivity index (χ2n) is 5.24. The summed E-state index contributed by atoms with van der Waals surface area (Å²) in [4.78, 5) is 14.8. The smallest absolute Gasteiger partial charge is 0.355 e. The van der Waals surface area contributed by atoms with Gasteiger partial charge >= 0.3 is 5.97 Å². The largest absolute Gasteiger partial charge is 0.490 e. The predicted octanol–water partition coefficient (Wildman–Crippen LogP) is 1.52.